The lowest BCUT2D eigenvalue weighted by Gasteiger charge is -2.06. The van der Waals surface area contributed by atoms with E-state index in [-0.39, 0.29) is 18.9 Å². The van der Waals surface area contributed by atoms with Gasteiger partial charge >= 0.3 is 5.97 Å². The third-order valence-electron chi connectivity index (χ3n) is 2.95. The zero-order chi connectivity index (χ0) is 13.7. The number of anilines is 1. The summed E-state index contributed by atoms with van der Waals surface area (Å²) in [5.74, 6) is -0.0491. The molecule has 1 fully saturated rings. The Labute approximate surface area is 112 Å². The van der Waals surface area contributed by atoms with Crippen LogP contribution in [0.4, 0.5) is 5.69 Å². The molecule has 102 valence electrons. The van der Waals surface area contributed by atoms with E-state index in [0.717, 1.165) is 5.56 Å². The number of carbonyl (C=O) groups is 2. The number of hydrogen-bond acceptors (Lipinski definition) is 4. The third-order valence-corrected chi connectivity index (χ3v) is 2.95. The van der Waals surface area contributed by atoms with Gasteiger partial charge in [-0.1, -0.05) is 12.1 Å². The topological polar surface area (TPSA) is 81.4 Å². The summed E-state index contributed by atoms with van der Waals surface area (Å²) in [6.45, 7) is 0.472. The molecule has 1 aliphatic carbocycles. The first-order valence-electron chi connectivity index (χ1n) is 6.40. The fourth-order valence-corrected chi connectivity index (χ4v) is 1.70. The fraction of sp³-hybridized carbons (Fsp3) is 0.429. The van der Waals surface area contributed by atoms with Crippen molar-refractivity contribution in [1.82, 2.24) is 5.32 Å². The van der Waals surface area contributed by atoms with Gasteiger partial charge in [0, 0.05) is 12.2 Å². The molecule has 3 N–H and O–H groups in total. The highest BCUT2D eigenvalue weighted by molar-refractivity contribution is 5.81. The Morgan fingerprint density at radius 1 is 1.37 bits per heavy atom. The van der Waals surface area contributed by atoms with Crippen LogP contribution < -0.4 is 11.1 Å². The predicted molar refractivity (Wildman–Crippen MR) is 71.3 cm³/mol. The molecule has 1 amide bonds. The van der Waals surface area contributed by atoms with E-state index in [2.05, 4.69) is 5.32 Å². The Morgan fingerprint density at radius 3 is 2.84 bits per heavy atom. The first-order valence-corrected chi connectivity index (χ1v) is 6.40. The highest BCUT2D eigenvalue weighted by Gasteiger charge is 2.21. The lowest BCUT2D eigenvalue weighted by molar-refractivity contribution is -0.147. The zero-order valence-electron chi connectivity index (χ0n) is 10.7. The van der Waals surface area contributed by atoms with E-state index in [4.69, 9.17) is 10.5 Å². The second-order valence-corrected chi connectivity index (χ2v) is 4.83. The van der Waals surface area contributed by atoms with Crippen LogP contribution >= 0.6 is 0 Å². The summed E-state index contributed by atoms with van der Waals surface area (Å²) in [4.78, 5) is 22.9. The lowest BCUT2D eigenvalue weighted by Crippen LogP contribution is -2.30. The Bertz CT molecular complexity index is 470. The maximum atomic E-state index is 11.5. The Hall–Kier alpha value is -2.04. The molecule has 0 aliphatic heterocycles. The van der Waals surface area contributed by atoms with Gasteiger partial charge in [-0.25, -0.2) is 0 Å². The van der Waals surface area contributed by atoms with Crippen molar-refractivity contribution in [3.8, 4) is 0 Å². The molecule has 5 heteroatoms. The Morgan fingerprint density at radius 2 is 2.16 bits per heavy atom. The number of benzene rings is 1. The van der Waals surface area contributed by atoms with E-state index in [9.17, 15) is 9.59 Å². The predicted octanol–water partition coefficient (Wildman–Crippen LogP) is 0.881. The molecular formula is C14H18N2O3. The second-order valence-electron chi connectivity index (χ2n) is 4.83. The monoisotopic (exact) mass is 262 g/mol. The van der Waals surface area contributed by atoms with E-state index >= 15 is 0 Å². The van der Waals surface area contributed by atoms with Crippen molar-refractivity contribution in [2.75, 3.05) is 18.9 Å². The maximum Gasteiger partial charge on any atom is 0.310 e. The molecule has 0 unspecified atom stereocenters. The molecule has 1 saturated carbocycles. The SMILES string of the molecule is Nc1cccc(CC(=O)OCC(=O)NCC2CC2)c1. The standard InChI is InChI=1S/C14H18N2O3/c15-12-3-1-2-11(6-12)7-14(18)19-9-13(17)16-8-10-4-5-10/h1-3,6,10H,4-5,7-9,15H2,(H,16,17). The molecule has 5 nitrogen and oxygen atoms in total. The van der Waals surface area contributed by atoms with Crippen molar-refractivity contribution in [3.63, 3.8) is 0 Å². The Kier molecular flexibility index (Phi) is 4.39. The quantitative estimate of drug-likeness (QED) is 0.589. The summed E-state index contributed by atoms with van der Waals surface area (Å²) < 4.78 is 4.91. The van der Waals surface area contributed by atoms with Crippen molar-refractivity contribution in [2.45, 2.75) is 19.3 Å². The molecule has 0 radical (unpaired) electrons. The second kappa shape index (κ2) is 6.22. The van der Waals surface area contributed by atoms with E-state index in [1.807, 2.05) is 0 Å². The molecule has 0 saturated heterocycles. The van der Waals surface area contributed by atoms with Crippen molar-refractivity contribution in [1.29, 1.82) is 0 Å². The van der Waals surface area contributed by atoms with Crippen LogP contribution in [0.1, 0.15) is 18.4 Å². The number of rotatable bonds is 6. The number of carbonyl (C=O) groups excluding carboxylic acids is 2. The normalized spacial score (nSPS) is 13.9. The summed E-state index contributed by atoms with van der Waals surface area (Å²) in [6, 6.07) is 7.04. The van der Waals surface area contributed by atoms with Crippen LogP contribution in [-0.2, 0) is 20.7 Å². The van der Waals surface area contributed by atoms with Gasteiger partial charge in [0.15, 0.2) is 6.61 Å². The first-order chi connectivity index (χ1) is 9.13. The highest BCUT2D eigenvalue weighted by Crippen LogP contribution is 2.27. The number of ether oxygens (including phenoxy) is 1. The molecule has 2 rings (SSSR count). The maximum absolute atomic E-state index is 11.5. The van der Waals surface area contributed by atoms with Gasteiger partial charge in [0.25, 0.3) is 5.91 Å². The molecule has 0 heterocycles. The van der Waals surface area contributed by atoms with Crippen molar-refractivity contribution in [2.24, 2.45) is 5.92 Å². The first kappa shape index (κ1) is 13.4. The molecular weight excluding hydrogens is 244 g/mol. The minimum absolute atomic E-state index is 0.126. The number of esters is 1. The summed E-state index contributed by atoms with van der Waals surface area (Å²) in [5.41, 5.74) is 7.00. The summed E-state index contributed by atoms with van der Waals surface area (Å²) in [5, 5.41) is 2.74. The van der Waals surface area contributed by atoms with E-state index < -0.39 is 5.97 Å². The van der Waals surface area contributed by atoms with Gasteiger partial charge < -0.3 is 15.8 Å². The highest BCUT2D eigenvalue weighted by atomic mass is 16.5. The number of amides is 1. The Balaban J connectivity index is 1.67. The van der Waals surface area contributed by atoms with Crippen LogP contribution in [0.5, 0.6) is 0 Å². The summed E-state index contributed by atoms with van der Waals surface area (Å²) in [7, 11) is 0. The average molecular weight is 262 g/mol. The number of nitrogen functional groups attached to an aromatic ring is 1. The molecule has 0 bridgehead atoms. The van der Waals surface area contributed by atoms with E-state index in [0.29, 0.717) is 18.2 Å². The summed E-state index contributed by atoms with van der Waals surface area (Å²) in [6.07, 6.45) is 2.48. The van der Waals surface area contributed by atoms with Crippen LogP contribution in [0, 0.1) is 5.92 Å². The molecule has 1 aromatic carbocycles. The number of nitrogens with two attached hydrogens (primary N) is 1. The van der Waals surface area contributed by atoms with Crippen LogP contribution in [0.2, 0.25) is 0 Å². The van der Waals surface area contributed by atoms with E-state index in [1.54, 1.807) is 24.3 Å². The zero-order valence-corrected chi connectivity index (χ0v) is 10.7. The molecule has 0 atom stereocenters. The van der Waals surface area contributed by atoms with Crippen LogP contribution in [-0.4, -0.2) is 25.0 Å². The molecule has 0 aromatic heterocycles. The van der Waals surface area contributed by atoms with Gasteiger partial charge in [-0.05, 0) is 36.5 Å². The van der Waals surface area contributed by atoms with Gasteiger partial charge in [-0.15, -0.1) is 0 Å². The smallest absolute Gasteiger partial charge is 0.310 e. The number of hydrogen-bond donors (Lipinski definition) is 2. The number of nitrogens with one attached hydrogen (secondary N) is 1. The van der Waals surface area contributed by atoms with Gasteiger partial charge in [0.1, 0.15) is 0 Å². The van der Waals surface area contributed by atoms with Crippen molar-refractivity contribution >= 4 is 17.6 Å². The third kappa shape index (κ3) is 4.99. The minimum atomic E-state index is -0.424. The van der Waals surface area contributed by atoms with Gasteiger partial charge in [0.05, 0.1) is 6.42 Å². The van der Waals surface area contributed by atoms with Crippen molar-refractivity contribution < 1.29 is 14.3 Å². The fourth-order valence-electron chi connectivity index (χ4n) is 1.70. The van der Waals surface area contributed by atoms with Gasteiger partial charge in [-0.2, -0.15) is 0 Å². The lowest BCUT2D eigenvalue weighted by atomic mass is 10.1. The van der Waals surface area contributed by atoms with Crippen LogP contribution in [0.15, 0.2) is 24.3 Å². The van der Waals surface area contributed by atoms with Crippen molar-refractivity contribution in [3.05, 3.63) is 29.8 Å². The van der Waals surface area contributed by atoms with E-state index in [1.165, 1.54) is 12.8 Å². The average Bonchev–Trinajstić information content (AvgIpc) is 3.18. The minimum Gasteiger partial charge on any atom is -0.455 e. The molecule has 1 aromatic rings. The summed E-state index contributed by atoms with van der Waals surface area (Å²) >= 11 is 0. The van der Waals surface area contributed by atoms with Gasteiger partial charge in [0.2, 0.25) is 0 Å². The van der Waals surface area contributed by atoms with Crippen LogP contribution in [0.25, 0.3) is 0 Å². The van der Waals surface area contributed by atoms with Gasteiger partial charge in [-0.3, -0.25) is 9.59 Å². The molecule has 19 heavy (non-hydrogen) atoms. The van der Waals surface area contributed by atoms with Crippen LogP contribution in [0.3, 0.4) is 0 Å². The molecule has 1 aliphatic rings. The molecule has 0 spiro atoms. The largest absolute Gasteiger partial charge is 0.455 e.